The quantitative estimate of drug-likeness (QED) is 0.236. The normalized spacial score (nSPS) is 11.0. The number of fused-ring (bicyclic) bond motifs is 1. The second-order valence-electron chi connectivity index (χ2n) is 6.46. The highest BCUT2D eigenvalue weighted by Gasteiger charge is 2.26. The topological polar surface area (TPSA) is 39.1 Å². The van der Waals surface area contributed by atoms with Gasteiger partial charge in [-0.2, -0.15) is 0 Å². The zero-order valence-electron chi connectivity index (χ0n) is 15.0. The van der Waals surface area contributed by atoms with E-state index < -0.39 is 0 Å². The van der Waals surface area contributed by atoms with Crippen LogP contribution >= 0.6 is 39.1 Å². The summed E-state index contributed by atoms with van der Waals surface area (Å²) in [6, 6.07) is 20.9. The van der Waals surface area contributed by atoms with Gasteiger partial charge in [-0.3, -0.25) is 14.2 Å². The summed E-state index contributed by atoms with van der Waals surface area (Å²) >= 11 is 15.4. The molecule has 144 valence electrons. The lowest BCUT2D eigenvalue weighted by atomic mass is 10.0. The number of para-hydroxylation sites is 1. The fraction of sp³-hybridized carbons (Fsp3) is 0.0435. The first kappa shape index (κ1) is 19.9. The van der Waals surface area contributed by atoms with Gasteiger partial charge in [0.25, 0.3) is 5.91 Å². The molecule has 29 heavy (non-hydrogen) atoms. The van der Waals surface area contributed by atoms with E-state index in [4.69, 9.17) is 23.2 Å². The number of hydrogen-bond acceptors (Lipinski definition) is 2. The first-order chi connectivity index (χ1) is 14.0. The van der Waals surface area contributed by atoms with Gasteiger partial charge < -0.3 is 0 Å². The number of ketones is 1. The number of halogens is 3. The zero-order valence-corrected chi connectivity index (χ0v) is 18.1. The molecule has 1 heterocycles. The molecule has 0 atom stereocenters. The van der Waals surface area contributed by atoms with E-state index in [0.29, 0.717) is 43.3 Å². The van der Waals surface area contributed by atoms with Crippen LogP contribution in [0, 0.1) is 0 Å². The summed E-state index contributed by atoms with van der Waals surface area (Å²) in [4.78, 5) is 26.7. The first-order valence-corrected chi connectivity index (χ1v) is 10.7. The Hall–Kier alpha value is -2.40. The number of benzene rings is 3. The van der Waals surface area contributed by atoms with Crippen LogP contribution in [0.2, 0.25) is 10.0 Å². The molecule has 0 N–H and O–H groups in total. The van der Waals surface area contributed by atoms with Gasteiger partial charge in [-0.1, -0.05) is 57.3 Å². The van der Waals surface area contributed by atoms with Crippen LogP contribution < -0.4 is 0 Å². The van der Waals surface area contributed by atoms with E-state index in [-0.39, 0.29) is 11.7 Å². The Balaban J connectivity index is 1.94. The number of aromatic nitrogens is 1. The lowest BCUT2D eigenvalue weighted by Gasteiger charge is -2.09. The number of carbonyl (C=O) groups excluding carboxylic acids is 2. The number of hydrogen-bond donors (Lipinski definition) is 0. The zero-order chi connectivity index (χ0) is 20.5. The van der Waals surface area contributed by atoms with Gasteiger partial charge in [0.1, 0.15) is 0 Å². The SMILES string of the molecule is O=C(c1ccc(Cl)cc1)c1c(CBr)n(C(=O)c2ccc(Cl)cc2)c2ccccc12. The van der Waals surface area contributed by atoms with Gasteiger partial charge in [0.2, 0.25) is 0 Å². The highest BCUT2D eigenvalue weighted by molar-refractivity contribution is 9.08. The van der Waals surface area contributed by atoms with Crippen molar-refractivity contribution in [3.8, 4) is 0 Å². The molecule has 0 radical (unpaired) electrons. The van der Waals surface area contributed by atoms with Gasteiger partial charge in [0.05, 0.1) is 11.1 Å². The lowest BCUT2D eigenvalue weighted by Crippen LogP contribution is -2.15. The monoisotopic (exact) mass is 485 g/mol. The fourth-order valence-electron chi connectivity index (χ4n) is 3.37. The number of rotatable bonds is 4. The number of nitrogens with zero attached hydrogens (tertiary/aromatic N) is 1. The Kier molecular flexibility index (Phi) is 5.59. The van der Waals surface area contributed by atoms with Crippen molar-refractivity contribution in [2.75, 3.05) is 0 Å². The van der Waals surface area contributed by atoms with E-state index in [9.17, 15) is 9.59 Å². The van der Waals surface area contributed by atoms with Crippen LogP contribution in [0.3, 0.4) is 0 Å². The number of carbonyl (C=O) groups is 2. The summed E-state index contributed by atoms with van der Waals surface area (Å²) < 4.78 is 1.59. The summed E-state index contributed by atoms with van der Waals surface area (Å²) in [6.45, 7) is 0. The second kappa shape index (κ2) is 8.15. The van der Waals surface area contributed by atoms with Gasteiger partial charge in [-0.25, -0.2) is 0 Å². The standard InChI is InChI=1S/C23H14BrCl2NO2/c24-13-20-21(22(28)14-5-9-16(25)10-6-14)18-3-1-2-4-19(18)27(20)23(29)15-7-11-17(26)12-8-15/h1-12H,13H2. The molecule has 0 spiro atoms. The molecular weight excluding hydrogens is 473 g/mol. The van der Waals surface area contributed by atoms with Gasteiger partial charge in [0, 0.05) is 37.6 Å². The molecule has 0 saturated heterocycles. The third-order valence-electron chi connectivity index (χ3n) is 4.73. The maximum atomic E-state index is 13.4. The molecule has 0 aliphatic carbocycles. The van der Waals surface area contributed by atoms with Crippen LogP contribution in [0.1, 0.15) is 32.0 Å². The molecule has 4 rings (SSSR count). The highest BCUT2D eigenvalue weighted by Crippen LogP contribution is 2.31. The average molecular weight is 487 g/mol. The predicted molar refractivity (Wildman–Crippen MR) is 121 cm³/mol. The van der Waals surface area contributed by atoms with Crippen molar-refractivity contribution in [3.05, 3.63) is 105 Å². The van der Waals surface area contributed by atoms with Crippen LogP contribution in [0.15, 0.2) is 72.8 Å². The molecule has 0 aliphatic heterocycles. The Bertz CT molecular complexity index is 1130. The van der Waals surface area contributed by atoms with E-state index in [2.05, 4.69) is 15.9 Å². The molecule has 0 amide bonds. The maximum absolute atomic E-state index is 13.4. The molecule has 4 aromatic rings. The van der Waals surface area contributed by atoms with Crippen LogP contribution in [-0.4, -0.2) is 16.3 Å². The maximum Gasteiger partial charge on any atom is 0.262 e. The minimum Gasteiger partial charge on any atom is -0.289 e. The van der Waals surface area contributed by atoms with Crippen molar-refractivity contribution in [1.82, 2.24) is 4.57 Å². The molecule has 6 heteroatoms. The Morgan fingerprint density at radius 2 is 1.34 bits per heavy atom. The molecular formula is C23H14BrCl2NO2. The van der Waals surface area contributed by atoms with E-state index in [1.165, 1.54) is 0 Å². The molecule has 0 saturated carbocycles. The van der Waals surface area contributed by atoms with E-state index in [0.717, 1.165) is 5.39 Å². The summed E-state index contributed by atoms with van der Waals surface area (Å²) in [5, 5.41) is 2.18. The van der Waals surface area contributed by atoms with Crippen molar-refractivity contribution in [3.63, 3.8) is 0 Å². The number of alkyl halides is 1. The van der Waals surface area contributed by atoms with Gasteiger partial charge in [-0.15, -0.1) is 0 Å². The summed E-state index contributed by atoms with van der Waals surface area (Å²) in [6.07, 6.45) is 0. The molecule has 0 aliphatic rings. The van der Waals surface area contributed by atoms with Crippen molar-refractivity contribution < 1.29 is 9.59 Å². The van der Waals surface area contributed by atoms with Crippen molar-refractivity contribution in [1.29, 1.82) is 0 Å². The van der Waals surface area contributed by atoms with E-state index >= 15 is 0 Å². The molecule has 0 unspecified atom stereocenters. The molecule has 3 aromatic carbocycles. The largest absolute Gasteiger partial charge is 0.289 e. The van der Waals surface area contributed by atoms with Crippen LogP contribution in [0.5, 0.6) is 0 Å². The van der Waals surface area contributed by atoms with E-state index in [1.807, 2.05) is 24.3 Å². The van der Waals surface area contributed by atoms with Crippen molar-refractivity contribution >= 4 is 61.7 Å². The molecule has 0 fully saturated rings. The minimum atomic E-state index is -0.220. The lowest BCUT2D eigenvalue weighted by molar-refractivity contribution is 0.0963. The third kappa shape index (κ3) is 3.64. The van der Waals surface area contributed by atoms with Gasteiger partial charge in [-0.05, 0) is 54.6 Å². The van der Waals surface area contributed by atoms with Crippen LogP contribution in [-0.2, 0) is 5.33 Å². The van der Waals surface area contributed by atoms with E-state index in [1.54, 1.807) is 53.1 Å². The van der Waals surface area contributed by atoms with Gasteiger partial charge in [0.15, 0.2) is 5.78 Å². The molecule has 1 aromatic heterocycles. The minimum absolute atomic E-state index is 0.157. The first-order valence-electron chi connectivity index (χ1n) is 8.80. The van der Waals surface area contributed by atoms with Crippen molar-refractivity contribution in [2.24, 2.45) is 0 Å². The van der Waals surface area contributed by atoms with Crippen LogP contribution in [0.25, 0.3) is 10.9 Å². The predicted octanol–water partition coefficient (Wildman–Crippen LogP) is 6.76. The smallest absolute Gasteiger partial charge is 0.262 e. The Morgan fingerprint density at radius 3 is 1.93 bits per heavy atom. The Labute approximate surface area is 186 Å². The summed E-state index contributed by atoms with van der Waals surface area (Å²) in [5.74, 6) is -0.377. The third-order valence-corrected chi connectivity index (χ3v) is 5.76. The summed E-state index contributed by atoms with van der Waals surface area (Å²) in [5.41, 5.74) is 2.79. The van der Waals surface area contributed by atoms with Crippen molar-refractivity contribution in [2.45, 2.75) is 5.33 Å². The fourth-order valence-corrected chi connectivity index (χ4v) is 4.15. The highest BCUT2D eigenvalue weighted by atomic mass is 79.9. The van der Waals surface area contributed by atoms with Gasteiger partial charge >= 0.3 is 0 Å². The summed E-state index contributed by atoms with van der Waals surface area (Å²) in [7, 11) is 0. The van der Waals surface area contributed by atoms with Crippen LogP contribution in [0.4, 0.5) is 0 Å². The Morgan fingerprint density at radius 1 is 0.793 bits per heavy atom. The second-order valence-corrected chi connectivity index (χ2v) is 7.89. The molecule has 0 bridgehead atoms. The average Bonchev–Trinajstić information content (AvgIpc) is 3.08. The molecule has 3 nitrogen and oxygen atoms in total.